The Hall–Kier alpha value is -1.75. The van der Waals surface area contributed by atoms with Gasteiger partial charge in [0.2, 0.25) is 0 Å². The molecule has 0 unspecified atom stereocenters. The second-order valence-corrected chi connectivity index (χ2v) is 7.24. The van der Waals surface area contributed by atoms with Crippen LogP contribution in [0.2, 0.25) is 10.0 Å². The average molecular weight is 394 g/mol. The number of para-hydroxylation sites is 1. The van der Waals surface area contributed by atoms with Gasteiger partial charge in [0.25, 0.3) is 5.91 Å². The molecule has 2 aromatic rings. The number of carbonyl (C=O) groups is 1. The Kier molecular flexibility index (Phi) is 6.07. The van der Waals surface area contributed by atoms with E-state index in [1.165, 1.54) is 0 Å². The first kappa shape index (κ1) is 19.0. The van der Waals surface area contributed by atoms with Crippen molar-refractivity contribution in [3.05, 3.63) is 63.6 Å². The number of hydrogen-bond acceptors (Lipinski definition) is 3. The number of halogens is 2. The predicted octanol–water partition coefficient (Wildman–Crippen LogP) is 4.48. The van der Waals surface area contributed by atoms with Crippen LogP contribution in [0.25, 0.3) is 0 Å². The lowest BCUT2D eigenvalue weighted by molar-refractivity contribution is 0.0479. The number of ether oxygens (including phenoxy) is 2. The van der Waals surface area contributed by atoms with Gasteiger partial charge in [-0.3, -0.25) is 4.79 Å². The summed E-state index contributed by atoms with van der Waals surface area (Å²) in [6, 6.07) is 12.8. The van der Waals surface area contributed by atoms with Gasteiger partial charge in [-0.15, -0.1) is 0 Å². The lowest BCUT2D eigenvalue weighted by atomic mass is 9.73. The molecule has 26 heavy (non-hydrogen) atoms. The van der Waals surface area contributed by atoms with Gasteiger partial charge in [-0.1, -0.05) is 41.4 Å². The van der Waals surface area contributed by atoms with E-state index in [-0.39, 0.29) is 11.3 Å². The highest BCUT2D eigenvalue weighted by atomic mass is 35.5. The molecule has 1 saturated heterocycles. The molecule has 6 heteroatoms. The summed E-state index contributed by atoms with van der Waals surface area (Å²) in [6.07, 6.45) is 1.62. The number of benzene rings is 2. The minimum absolute atomic E-state index is 0.215. The van der Waals surface area contributed by atoms with Crippen molar-refractivity contribution >= 4 is 29.1 Å². The fraction of sp³-hybridized carbons (Fsp3) is 0.350. The van der Waals surface area contributed by atoms with E-state index in [9.17, 15) is 4.79 Å². The Morgan fingerprint density at radius 2 is 1.92 bits per heavy atom. The Balaban J connectivity index is 1.84. The summed E-state index contributed by atoms with van der Waals surface area (Å²) in [5, 5.41) is 3.88. The summed E-state index contributed by atoms with van der Waals surface area (Å²) in [5.41, 5.74) is 1.27. The van der Waals surface area contributed by atoms with Gasteiger partial charge in [0, 0.05) is 35.8 Å². The maximum absolute atomic E-state index is 12.6. The molecule has 3 rings (SSSR count). The Morgan fingerprint density at radius 3 is 2.62 bits per heavy atom. The zero-order chi connectivity index (χ0) is 18.6. The van der Waals surface area contributed by atoms with E-state index < -0.39 is 0 Å². The van der Waals surface area contributed by atoms with Crippen LogP contribution in [0.4, 0.5) is 0 Å². The first-order valence-corrected chi connectivity index (χ1v) is 9.26. The summed E-state index contributed by atoms with van der Waals surface area (Å²) in [5.74, 6) is 0.612. The van der Waals surface area contributed by atoms with E-state index in [4.69, 9.17) is 32.7 Å². The van der Waals surface area contributed by atoms with Crippen molar-refractivity contribution in [3.8, 4) is 5.75 Å². The zero-order valence-corrected chi connectivity index (χ0v) is 16.1. The number of carbonyl (C=O) groups excluding carboxylic acids is 1. The van der Waals surface area contributed by atoms with E-state index in [2.05, 4.69) is 11.4 Å². The molecular weight excluding hydrogens is 373 g/mol. The van der Waals surface area contributed by atoms with Crippen LogP contribution in [0.3, 0.4) is 0 Å². The standard InChI is InChI=1S/C20H21Cl2NO3/c1-25-18-5-3-2-4-16(18)20(8-10-26-11-9-20)13-23-19(24)15-7-6-14(21)12-17(15)22/h2-7,12H,8-11,13H2,1H3,(H,23,24). The number of methoxy groups -OCH3 is 1. The molecule has 0 bridgehead atoms. The fourth-order valence-electron chi connectivity index (χ4n) is 3.40. The van der Waals surface area contributed by atoms with E-state index in [1.54, 1.807) is 25.3 Å². The molecule has 1 N–H and O–H groups in total. The number of hydrogen-bond donors (Lipinski definition) is 1. The molecule has 1 aliphatic heterocycles. The van der Waals surface area contributed by atoms with Gasteiger partial charge in [0.1, 0.15) is 5.75 Å². The van der Waals surface area contributed by atoms with Crippen LogP contribution in [-0.2, 0) is 10.2 Å². The Morgan fingerprint density at radius 1 is 1.19 bits per heavy atom. The normalized spacial score (nSPS) is 16.1. The monoisotopic (exact) mass is 393 g/mol. The highest BCUT2D eigenvalue weighted by Gasteiger charge is 2.37. The van der Waals surface area contributed by atoms with Crippen LogP contribution in [0, 0.1) is 0 Å². The van der Waals surface area contributed by atoms with Crippen molar-refractivity contribution in [1.29, 1.82) is 0 Å². The zero-order valence-electron chi connectivity index (χ0n) is 14.6. The minimum Gasteiger partial charge on any atom is -0.496 e. The summed E-state index contributed by atoms with van der Waals surface area (Å²) < 4.78 is 11.1. The van der Waals surface area contributed by atoms with E-state index in [0.29, 0.717) is 35.4 Å². The van der Waals surface area contributed by atoms with Gasteiger partial charge < -0.3 is 14.8 Å². The third-order valence-electron chi connectivity index (χ3n) is 4.89. The van der Waals surface area contributed by atoms with Crippen molar-refractivity contribution in [2.45, 2.75) is 18.3 Å². The lowest BCUT2D eigenvalue weighted by Gasteiger charge is -2.38. The maximum atomic E-state index is 12.6. The first-order valence-electron chi connectivity index (χ1n) is 8.50. The third kappa shape index (κ3) is 3.98. The summed E-state index contributed by atoms with van der Waals surface area (Å²) in [6.45, 7) is 1.78. The molecular formula is C20H21Cl2NO3. The number of rotatable bonds is 5. The second kappa shape index (κ2) is 8.30. The van der Waals surface area contributed by atoms with Crippen LogP contribution < -0.4 is 10.1 Å². The van der Waals surface area contributed by atoms with Crippen molar-refractivity contribution in [2.75, 3.05) is 26.9 Å². The molecule has 1 amide bonds. The number of nitrogens with one attached hydrogen (secondary N) is 1. The van der Waals surface area contributed by atoms with Crippen LogP contribution in [0.1, 0.15) is 28.8 Å². The highest BCUT2D eigenvalue weighted by Crippen LogP contribution is 2.39. The first-order chi connectivity index (χ1) is 12.6. The molecule has 1 heterocycles. The van der Waals surface area contributed by atoms with Gasteiger partial charge in [0.05, 0.1) is 17.7 Å². The largest absolute Gasteiger partial charge is 0.496 e. The Labute approximate surface area is 163 Å². The topological polar surface area (TPSA) is 47.6 Å². The predicted molar refractivity (Wildman–Crippen MR) is 104 cm³/mol. The van der Waals surface area contributed by atoms with Crippen LogP contribution in [-0.4, -0.2) is 32.8 Å². The molecule has 0 saturated carbocycles. The summed E-state index contributed by atoms with van der Waals surface area (Å²) in [7, 11) is 1.66. The molecule has 0 aliphatic carbocycles. The summed E-state index contributed by atoms with van der Waals surface area (Å²) >= 11 is 12.1. The molecule has 0 aromatic heterocycles. The number of amides is 1. The lowest BCUT2D eigenvalue weighted by Crippen LogP contribution is -2.44. The second-order valence-electron chi connectivity index (χ2n) is 6.40. The molecule has 1 fully saturated rings. The van der Waals surface area contributed by atoms with Gasteiger partial charge in [-0.2, -0.15) is 0 Å². The molecule has 2 aromatic carbocycles. The quantitative estimate of drug-likeness (QED) is 0.814. The smallest absolute Gasteiger partial charge is 0.252 e. The minimum atomic E-state index is -0.237. The molecule has 138 valence electrons. The average Bonchev–Trinajstić information content (AvgIpc) is 2.67. The van der Waals surface area contributed by atoms with Crippen molar-refractivity contribution < 1.29 is 14.3 Å². The third-order valence-corrected chi connectivity index (χ3v) is 5.44. The van der Waals surface area contributed by atoms with Crippen LogP contribution in [0.5, 0.6) is 5.75 Å². The van der Waals surface area contributed by atoms with Crippen molar-refractivity contribution in [2.24, 2.45) is 0 Å². The van der Waals surface area contributed by atoms with Gasteiger partial charge >= 0.3 is 0 Å². The van der Waals surface area contributed by atoms with Crippen molar-refractivity contribution in [3.63, 3.8) is 0 Å². The SMILES string of the molecule is COc1ccccc1C1(CNC(=O)c2ccc(Cl)cc2Cl)CCOCC1. The maximum Gasteiger partial charge on any atom is 0.252 e. The molecule has 4 nitrogen and oxygen atoms in total. The van der Waals surface area contributed by atoms with E-state index >= 15 is 0 Å². The molecule has 0 atom stereocenters. The van der Waals surface area contributed by atoms with Gasteiger partial charge in [-0.25, -0.2) is 0 Å². The van der Waals surface area contributed by atoms with Crippen LogP contribution >= 0.6 is 23.2 Å². The van der Waals surface area contributed by atoms with Crippen LogP contribution in [0.15, 0.2) is 42.5 Å². The fourth-order valence-corrected chi connectivity index (χ4v) is 3.90. The van der Waals surface area contributed by atoms with Gasteiger partial charge in [0.15, 0.2) is 0 Å². The van der Waals surface area contributed by atoms with E-state index in [1.807, 2.05) is 18.2 Å². The summed E-state index contributed by atoms with van der Waals surface area (Å²) in [4.78, 5) is 12.6. The highest BCUT2D eigenvalue weighted by molar-refractivity contribution is 6.36. The van der Waals surface area contributed by atoms with E-state index in [0.717, 1.165) is 24.2 Å². The van der Waals surface area contributed by atoms with Gasteiger partial charge in [-0.05, 0) is 37.1 Å². The Bertz CT molecular complexity index is 788. The molecule has 0 radical (unpaired) electrons. The van der Waals surface area contributed by atoms with Crippen molar-refractivity contribution in [1.82, 2.24) is 5.32 Å². The molecule has 1 aliphatic rings. The molecule has 0 spiro atoms.